The van der Waals surface area contributed by atoms with Crippen LogP contribution in [-0.2, 0) is 11.3 Å². The van der Waals surface area contributed by atoms with Crippen LogP contribution in [0.25, 0.3) is 0 Å². The van der Waals surface area contributed by atoms with E-state index in [2.05, 4.69) is 15.5 Å². The van der Waals surface area contributed by atoms with Gasteiger partial charge < -0.3 is 35.2 Å². The van der Waals surface area contributed by atoms with Gasteiger partial charge >= 0.3 is 12.0 Å². The van der Waals surface area contributed by atoms with Crippen LogP contribution in [0.1, 0.15) is 80.2 Å². The minimum Gasteiger partial charge on any atom is -0.490 e. The molecule has 45 heavy (non-hydrogen) atoms. The number of likely N-dealkylation sites (N-methyl/N-ethyl adjacent to an activating group) is 1. The highest BCUT2D eigenvalue weighted by Gasteiger charge is 2.30. The minimum absolute atomic E-state index is 0.0535. The first-order valence-electron chi connectivity index (χ1n) is 15.8. The number of carboxylic acids is 1. The number of carbonyl (C=O) groups excluding carboxylic acids is 2. The number of nitrogens with zero attached hydrogens (tertiary/aromatic N) is 2. The molecule has 2 aromatic rings. The Kier molecular flexibility index (Phi) is 13.6. The van der Waals surface area contributed by atoms with Gasteiger partial charge in [0.1, 0.15) is 5.75 Å². The molecule has 1 aliphatic rings. The van der Waals surface area contributed by atoms with Crippen molar-refractivity contribution in [3.63, 3.8) is 0 Å². The van der Waals surface area contributed by atoms with Crippen LogP contribution in [0.4, 0.5) is 10.5 Å². The Morgan fingerprint density at radius 3 is 2.44 bits per heavy atom. The zero-order valence-electron chi connectivity index (χ0n) is 27.4. The monoisotopic (exact) mass is 626 g/mol. The number of ether oxygens (including phenoxy) is 2. The first kappa shape index (κ1) is 35.8. The maximum Gasteiger partial charge on any atom is 0.335 e. The molecule has 4 N–H and O–H groups in total. The highest BCUT2D eigenvalue weighted by molar-refractivity contribution is 5.99. The molecular formula is C34H50N4O7. The van der Waals surface area contributed by atoms with Crippen molar-refractivity contribution in [2.75, 3.05) is 38.7 Å². The van der Waals surface area contributed by atoms with Crippen molar-refractivity contribution < 1.29 is 34.1 Å². The third kappa shape index (κ3) is 11.0. The number of benzene rings is 2. The summed E-state index contributed by atoms with van der Waals surface area (Å²) in [6.45, 7) is 11.4. The minimum atomic E-state index is -0.958. The number of fused-ring (bicyclic) bond motifs is 1. The van der Waals surface area contributed by atoms with Gasteiger partial charge in [-0.15, -0.1) is 0 Å². The van der Waals surface area contributed by atoms with Crippen LogP contribution < -0.4 is 15.4 Å². The molecule has 4 atom stereocenters. The number of carbonyl (C=O) groups is 3. The van der Waals surface area contributed by atoms with Crippen molar-refractivity contribution in [1.29, 1.82) is 0 Å². The molecule has 11 nitrogen and oxygen atoms in total. The number of anilines is 1. The fraction of sp³-hybridized carbons (Fsp3) is 0.559. The van der Waals surface area contributed by atoms with Crippen LogP contribution in [0, 0.1) is 5.92 Å². The summed E-state index contributed by atoms with van der Waals surface area (Å²) in [5.74, 6) is -0.922. The van der Waals surface area contributed by atoms with Gasteiger partial charge in [-0.3, -0.25) is 9.69 Å². The quantitative estimate of drug-likeness (QED) is 0.310. The van der Waals surface area contributed by atoms with Crippen LogP contribution in [0.2, 0.25) is 0 Å². The van der Waals surface area contributed by atoms with Gasteiger partial charge in [-0.05, 0) is 89.9 Å². The molecule has 0 saturated heterocycles. The Morgan fingerprint density at radius 2 is 1.80 bits per heavy atom. The molecule has 3 amide bonds. The summed E-state index contributed by atoms with van der Waals surface area (Å²) in [6, 6.07) is 11.0. The predicted molar refractivity (Wildman–Crippen MR) is 174 cm³/mol. The van der Waals surface area contributed by atoms with Crippen molar-refractivity contribution in [3.8, 4) is 5.75 Å². The van der Waals surface area contributed by atoms with Crippen LogP contribution in [0.3, 0.4) is 0 Å². The molecule has 0 spiro atoms. The summed E-state index contributed by atoms with van der Waals surface area (Å²) in [5.41, 5.74) is 2.00. The number of hydrogen-bond donors (Lipinski definition) is 4. The topological polar surface area (TPSA) is 141 Å². The molecule has 0 radical (unpaired) electrons. The van der Waals surface area contributed by atoms with Crippen molar-refractivity contribution >= 4 is 23.6 Å². The summed E-state index contributed by atoms with van der Waals surface area (Å²) < 4.78 is 12.7. The lowest BCUT2D eigenvalue weighted by atomic mass is 10.0. The average molecular weight is 627 g/mol. The number of aliphatic hydroxyl groups excluding tert-OH is 1. The molecule has 0 fully saturated rings. The summed E-state index contributed by atoms with van der Waals surface area (Å²) in [6.07, 6.45) is 2.16. The number of rotatable bonds is 9. The normalized spacial score (nSPS) is 20.6. The molecule has 0 aromatic heterocycles. The number of aliphatic hydroxyl groups is 1. The zero-order valence-corrected chi connectivity index (χ0v) is 27.4. The molecule has 11 heteroatoms. The molecule has 0 unspecified atom stereocenters. The van der Waals surface area contributed by atoms with Crippen LogP contribution in [0.15, 0.2) is 42.5 Å². The number of aromatic carboxylic acids is 1. The summed E-state index contributed by atoms with van der Waals surface area (Å²) in [5, 5.41) is 25.0. The van der Waals surface area contributed by atoms with E-state index in [-0.39, 0.29) is 48.3 Å². The molecule has 0 bridgehead atoms. The van der Waals surface area contributed by atoms with Crippen LogP contribution in [0.5, 0.6) is 5.75 Å². The lowest BCUT2D eigenvalue weighted by Crippen LogP contribution is -2.47. The number of amides is 3. The van der Waals surface area contributed by atoms with Crippen LogP contribution >= 0.6 is 0 Å². The van der Waals surface area contributed by atoms with E-state index in [1.807, 2.05) is 46.9 Å². The Bertz CT molecular complexity index is 1270. The van der Waals surface area contributed by atoms with Gasteiger partial charge in [0.25, 0.3) is 5.91 Å². The maximum absolute atomic E-state index is 14.2. The molecule has 1 heterocycles. The Balaban J connectivity index is 1.88. The molecule has 0 aliphatic carbocycles. The standard InChI is InChI=1S/C34H50N4O7/c1-22(2)35-34(43)36-28-14-15-30-29(17-28)32(40)38(24(4)21-39)18-23(3)31(44-16-8-7-9-25(5)45-30)20-37(6)19-26-10-12-27(13-11-26)33(41)42/h10-15,17,22-25,31,39H,7-9,16,18-21H2,1-6H3,(H,41,42)(H2,35,36,43)/t23-,24+,25+,31+/m0/s1. The van der Waals surface area contributed by atoms with E-state index in [1.54, 1.807) is 42.2 Å². The van der Waals surface area contributed by atoms with Crippen molar-refractivity contribution in [1.82, 2.24) is 15.1 Å². The van der Waals surface area contributed by atoms with Crippen molar-refractivity contribution in [2.45, 2.75) is 84.7 Å². The van der Waals surface area contributed by atoms with E-state index in [1.165, 1.54) is 0 Å². The number of carboxylic acid groups (broad SMARTS) is 1. The molecular weight excluding hydrogens is 576 g/mol. The molecule has 3 rings (SSSR count). The van der Waals surface area contributed by atoms with Gasteiger partial charge in [0.05, 0.1) is 36.0 Å². The van der Waals surface area contributed by atoms with E-state index in [4.69, 9.17) is 9.47 Å². The fourth-order valence-corrected chi connectivity index (χ4v) is 5.33. The second kappa shape index (κ2) is 17.1. The zero-order chi connectivity index (χ0) is 33.1. The van der Waals surface area contributed by atoms with E-state index < -0.39 is 12.0 Å². The molecule has 248 valence electrons. The van der Waals surface area contributed by atoms with Gasteiger partial charge in [0, 0.05) is 43.9 Å². The van der Waals surface area contributed by atoms with E-state index >= 15 is 0 Å². The van der Waals surface area contributed by atoms with Gasteiger partial charge in [-0.2, -0.15) is 0 Å². The predicted octanol–water partition coefficient (Wildman–Crippen LogP) is 4.84. The maximum atomic E-state index is 14.2. The summed E-state index contributed by atoms with van der Waals surface area (Å²) in [4.78, 5) is 41.7. The average Bonchev–Trinajstić information content (AvgIpc) is 2.98. The first-order chi connectivity index (χ1) is 21.4. The summed E-state index contributed by atoms with van der Waals surface area (Å²) in [7, 11) is 1.99. The lowest BCUT2D eigenvalue weighted by molar-refractivity contribution is -0.0177. The third-order valence-corrected chi connectivity index (χ3v) is 7.87. The van der Waals surface area contributed by atoms with E-state index in [0.29, 0.717) is 43.2 Å². The number of nitrogens with one attached hydrogen (secondary N) is 2. The Hall–Kier alpha value is -3.67. The van der Waals surface area contributed by atoms with Crippen LogP contribution in [-0.4, -0.2) is 95.6 Å². The first-order valence-corrected chi connectivity index (χ1v) is 15.8. The van der Waals surface area contributed by atoms with Crippen molar-refractivity contribution in [2.24, 2.45) is 5.92 Å². The lowest BCUT2D eigenvalue weighted by Gasteiger charge is -2.36. The van der Waals surface area contributed by atoms with Gasteiger partial charge in [-0.25, -0.2) is 9.59 Å². The molecule has 0 saturated carbocycles. The van der Waals surface area contributed by atoms with Gasteiger partial charge in [0.15, 0.2) is 0 Å². The largest absolute Gasteiger partial charge is 0.490 e. The third-order valence-electron chi connectivity index (χ3n) is 7.87. The Morgan fingerprint density at radius 1 is 1.09 bits per heavy atom. The second-order valence-electron chi connectivity index (χ2n) is 12.5. The van der Waals surface area contributed by atoms with E-state index in [0.717, 1.165) is 24.8 Å². The fourth-order valence-electron chi connectivity index (χ4n) is 5.33. The molecule has 2 aromatic carbocycles. The van der Waals surface area contributed by atoms with Gasteiger partial charge in [0.2, 0.25) is 0 Å². The Labute approximate surface area is 266 Å². The van der Waals surface area contributed by atoms with E-state index in [9.17, 15) is 24.6 Å². The van der Waals surface area contributed by atoms with Crippen molar-refractivity contribution in [3.05, 3.63) is 59.2 Å². The summed E-state index contributed by atoms with van der Waals surface area (Å²) >= 11 is 0. The number of urea groups is 1. The van der Waals surface area contributed by atoms with Gasteiger partial charge in [-0.1, -0.05) is 19.1 Å². The molecule has 1 aliphatic heterocycles. The second-order valence-corrected chi connectivity index (χ2v) is 12.5. The highest BCUT2D eigenvalue weighted by atomic mass is 16.5. The number of hydrogen-bond acceptors (Lipinski definition) is 7. The SMILES string of the molecule is CC(C)NC(=O)Nc1ccc2c(c1)C(=O)N([C@H](C)CO)C[C@H](C)[C@@H](CN(C)Cc1ccc(C(=O)O)cc1)OCCCC[C@@H](C)O2. The highest BCUT2D eigenvalue weighted by Crippen LogP contribution is 2.28. The smallest absolute Gasteiger partial charge is 0.335 e.